The number of hydrogen-bond donors (Lipinski definition) is 0. The van der Waals surface area contributed by atoms with Gasteiger partial charge >= 0.3 is 5.97 Å². The molecule has 0 spiro atoms. The van der Waals surface area contributed by atoms with Gasteiger partial charge in [-0.3, -0.25) is 4.79 Å². The highest BCUT2D eigenvalue weighted by Gasteiger charge is 2.35. The quantitative estimate of drug-likeness (QED) is 0.280. The molecule has 0 heterocycles. The molecule has 26 heavy (non-hydrogen) atoms. The maximum atomic E-state index is 12.5. The Hall–Kier alpha value is -1.00. The maximum absolute atomic E-state index is 12.5. The van der Waals surface area contributed by atoms with Crippen LogP contribution in [0, 0.1) is 23.7 Å². The number of benzene rings is 1. The molecule has 0 saturated heterocycles. The Morgan fingerprint density at radius 1 is 1.00 bits per heavy atom. The molecule has 0 N–H and O–H groups in total. The Labute approximate surface area is 164 Å². The first-order valence-corrected chi connectivity index (χ1v) is 10.3. The Bertz CT molecular complexity index is 538. The zero-order valence-corrected chi connectivity index (χ0v) is 18.4. The summed E-state index contributed by atoms with van der Waals surface area (Å²) in [6.45, 7) is 16.0. The third-order valence-corrected chi connectivity index (χ3v) is 4.94. The number of hydrogen-bond acceptors (Lipinski definition) is 4. The van der Waals surface area contributed by atoms with Crippen molar-refractivity contribution in [1.29, 1.82) is 0 Å². The van der Waals surface area contributed by atoms with Crippen LogP contribution in [0.4, 0.5) is 0 Å². The lowest BCUT2D eigenvalue weighted by Gasteiger charge is -2.33. The lowest BCUT2D eigenvalue weighted by Crippen LogP contribution is -2.33. The van der Waals surface area contributed by atoms with Crippen molar-refractivity contribution in [2.45, 2.75) is 72.6 Å². The van der Waals surface area contributed by atoms with E-state index in [4.69, 9.17) is 8.92 Å². The SMILES string of the molecule is Cc1ccc(SOCCCCOC(=O)C(CC(C)(C)C)C(C)(C)C)cc1. The molecule has 0 radical (unpaired) electrons. The molecule has 1 aromatic rings. The minimum Gasteiger partial charge on any atom is -0.465 e. The van der Waals surface area contributed by atoms with Gasteiger partial charge in [0.05, 0.1) is 19.1 Å². The van der Waals surface area contributed by atoms with E-state index in [1.165, 1.54) is 17.6 Å². The zero-order chi connectivity index (χ0) is 19.8. The minimum absolute atomic E-state index is 0.0672. The van der Waals surface area contributed by atoms with Crippen LogP contribution in [0.15, 0.2) is 29.2 Å². The summed E-state index contributed by atoms with van der Waals surface area (Å²) in [7, 11) is 0. The topological polar surface area (TPSA) is 35.5 Å². The number of carbonyl (C=O) groups is 1. The second-order valence-corrected chi connectivity index (χ2v) is 10.2. The highest BCUT2D eigenvalue weighted by molar-refractivity contribution is 7.94. The molecule has 0 aromatic heterocycles. The van der Waals surface area contributed by atoms with Gasteiger partial charge in [0, 0.05) is 16.9 Å². The van der Waals surface area contributed by atoms with Gasteiger partial charge in [0.25, 0.3) is 0 Å². The second kappa shape index (κ2) is 10.4. The van der Waals surface area contributed by atoms with E-state index in [1.54, 1.807) is 0 Å². The predicted octanol–water partition coefficient (Wildman–Crippen LogP) is 6.44. The van der Waals surface area contributed by atoms with Gasteiger partial charge in [-0.25, -0.2) is 0 Å². The van der Waals surface area contributed by atoms with Crippen molar-refractivity contribution in [2.75, 3.05) is 13.2 Å². The van der Waals surface area contributed by atoms with Crippen molar-refractivity contribution < 1.29 is 13.7 Å². The predicted molar refractivity (Wildman–Crippen MR) is 110 cm³/mol. The highest BCUT2D eigenvalue weighted by Crippen LogP contribution is 2.36. The molecule has 1 aromatic carbocycles. The molecule has 148 valence electrons. The van der Waals surface area contributed by atoms with Crippen LogP contribution in [-0.4, -0.2) is 19.2 Å². The van der Waals surface area contributed by atoms with E-state index in [0.29, 0.717) is 13.2 Å². The van der Waals surface area contributed by atoms with Crippen LogP contribution in [0.1, 0.15) is 66.4 Å². The molecule has 4 heteroatoms. The van der Waals surface area contributed by atoms with Gasteiger partial charge in [-0.15, -0.1) is 0 Å². The lowest BCUT2D eigenvalue weighted by molar-refractivity contribution is -0.154. The Morgan fingerprint density at radius 3 is 2.12 bits per heavy atom. The first kappa shape index (κ1) is 23.0. The van der Waals surface area contributed by atoms with Gasteiger partial charge in [-0.05, 0) is 49.1 Å². The molecule has 0 aliphatic carbocycles. The number of carbonyl (C=O) groups excluding carboxylic acids is 1. The fraction of sp³-hybridized carbons (Fsp3) is 0.682. The van der Waals surface area contributed by atoms with Crippen molar-refractivity contribution in [3.05, 3.63) is 29.8 Å². The standard InChI is InChI=1S/C22H36O3S/c1-17-10-12-18(13-11-17)26-25-15-9-8-14-24-20(23)19(22(5,6)7)16-21(2,3)4/h10-13,19H,8-9,14-16H2,1-7H3. The summed E-state index contributed by atoms with van der Waals surface area (Å²) in [6, 6.07) is 8.27. The average Bonchev–Trinajstić information content (AvgIpc) is 2.51. The molecule has 0 aliphatic rings. The fourth-order valence-corrected chi connectivity index (χ4v) is 3.18. The molecule has 0 amide bonds. The molecule has 1 atom stereocenters. The Balaban J connectivity index is 2.24. The third kappa shape index (κ3) is 9.63. The van der Waals surface area contributed by atoms with Gasteiger partial charge in [-0.2, -0.15) is 0 Å². The molecule has 1 unspecified atom stereocenters. The highest BCUT2D eigenvalue weighted by atomic mass is 32.2. The molecule has 1 rings (SSSR count). The molecule has 3 nitrogen and oxygen atoms in total. The van der Waals surface area contributed by atoms with E-state index in [9.17, 15) is 4.79 Å². The molecule has 0 aliphatic heterocycles. The van der Waals surface area contributed by atoms with Crippen molar-refractivity contribution in [1.82, 2.24) is 0 Å². The minimum atomic E-state index is -0.0852. The normalized spacial score (nSPS) is 13.5. The summed E-state index contributed by atoms with van der Waals surface area (Å²) in [6.07, 6.45) is 2.55. The molecular weight excluding hydrogens is 344 g/mol. The summed E-state index contributed by atoms with van der Waals surface area (Å²) < 4.78 is 11.2. The van der Waals surface area contributed by atoms with Gasteiger partial charge in [-0.1, -0.05) is 59.2 Å². The van der Waals surface area contributed by atoms with Gasteiger partial charge in [0.2, 0.25) is 0 Å². The first-order valence-electron chi connectivity index (χ1n) is 9.52. The summed E-state index contributed by atoms with van der Waals surface area (Å²) in [5.74, 6) is -0.141. The third-order valence-electron chi connectivity index (χ3n) is 4.19. The number of ether oxygens (including phenoxy) is 1. The monoisotopic (exact) mass is 380 g/mol. The van der Waals surface area contributed by atoms with Crippen LogP contribution in [0.3, 0.4) is 0 Å². The smallest absolute Gasteiger partial charge is 0.309 e. The van der Waals surface area contributed by atoms with Crippen LogP contribution in [0.2, 0.25) is 0 Å². The van der Waals surface area contributed by atoms with Crippen molar-refractivity contribution in [3.8, 4) is 0 Å². The maximum Gasteiger partial charge on any atom is 0.309 e. The summed E-state index contributed by atoms with van der Waals surface area (Å²) in [5, 5.41) is 0. The van der Waals surface area contributed by atoms with Crippen LogP contribution in [-0.2, 0) is 13.7 Å². The van der Waals surface area contributed by atoms with E-state index < -0.39 is 0 Å². The summed E-state index contributed by atoms with van der Waals surface area (Å²) in [4.78, 5) is 13.6. The number of rotatable bonds is 9. The van der Waals surface area contributed by atoms with Crippen molar-refractivity contribution in [2.24, 2.45) is 16.7 Å². The number of esters is 1. The Morgan fingerprint density at radius 2 is 1.58 bits per heavy atom. The lowest BCUT2D eigenvalue weighted by atomic mass is 9.72. The van der Waals surface area contributed by atoms with Gasteiger partial charge in [0.1, 0.15) is 0 Å². The van der Waals surface area contributed by atoms with E-state index in [-0.39, 0.29) is 22.7 Å². The van der Waals surface area contributed by atoms with Crippen molar-refractivity contribution in [3.63, 3.8) is 0 Å². The number of unbranched alkanes of at least 4 members (excludes halogenated alkanes) is 1. The fourth-order valence-electron chi connectivity index (χ4n) is 2.60. The van der Waals surface area contributed by atoms with Crippen molar-refractivity contribution >= 4 is 18.0 Å². The molecule has 0 saturated carbocycles. The van der Waals surface area contributed by atoms with Crippen LogP contribution < -0.4 is 0 Å². The van der Waals surface area contributed by atoms with Crippen LogP contribution in [0.5, 0.6) is 0 Å². The first-order chi connectivity index (χ1) is 12.0. The molecule has 0 fully saturated rings. The number of aryl methyl sites for hydroxylation is 1. The van der Waals surface area contributed by atoms with Gasteiger partial charge < -0.3 is 8.92 Å². The van der Waals surface area contributed by atoms with E-state index >= 15 is 0 Å². The van der Waals surface area contributed by atoms with E-state index in [2.05, 4.69) is 72.7 Å². The van der Waals surface area contributed by atoms with E-state index in [0.717, 1.165) is 24.2 Å². The molecular formula is C22H36O3S. The molecule has 0 bridgehead atoms. The summed E-state index contributed by atoms with van der Waals surface area (Å²) in [5.41, 5.74) is 1.27. The summed E-state index contributed by atoms with van der Waals surface area (Å²) >= 11 is 1.40. The van der Waals surface area contributed by atoms with Gasteiger partial charge in [0.15, 0.2) is 0 Å². The average molecular weight is 381 g/mol. The van der Waals surface area contributed by atoms with Crippen LogP contribution in [0.25, 0.3) is 0 Å². The van der Waals surface area contributed by atoms with E-state index in [1.807, 2.05) is 0 Å². The largest absolute Gasteiger partial charge is 0.465 e. The van der Waals surface area contributed by atoms with Crippen LogP contribution >= 0.6 is 12.0 Å². The zero-order valence-electron chi connectivity index (χ0n) is 17.6. The Kier molecular flexibility index (Phi) is 9.18. The second-order valence-electron chi connectivity index (χ2n) is 9.28.